The van der Waals surface area contributed by atoms with Gasteiger partial charge in [-0.05, 0) is 19.9 Å². The van der Waals surface area contributed by atoms with Gasteiger partial charge in [-0.2, -0.15) is 0 Å². The number of ether oxygens (including phenoxy) is 2. The molecule has 3 nitrogen and oxygen atoms in total. The Kier molecular flexibility index (Phi) is 3.66. The molecule has 15 heavy (non-hydrogen) atoms. The molecule has 0 heterocycles. The van der Waals surface area contributed by atoms with Crippen LogP contribution < -0.4 is 9.47 Å². The van der Waals surface area contributed by atoms with Crippen LogP contribution in [0.2, 0.25) is 0 Å². The number of aldehydes is 1. The first kappa shape index (κ1) is 11.5. The summed E-state index contributed by atoms with van der Waals surface area (Å²) < 4.78 is 23.4. The van der Waals surface area contributed by atoms with Crippen LogP contribution in [-0.4, -0.2) is 19.5 Å². The summed E-state index contributed by atoms with van der Waals surface area (Å²) in [6, 6.07) is 2.30. The number of hydrogen-bond acceptors (Lipinski definition) is 3. The molecule has 4 heteroatoms. The highest BCUT2D eigenvalue weighted by Gasteiger charge is 2.14. The van der Waals surface area contributed by atoms with E-state index < -0.39 is 5.82 Å². The van der Waals surface area contributed by atoms with Gasteiger partial charge in [-0.15, -0.1) is 0 Å². The maximum absolute atomic E-state index is 13.0. The molecule has 0 saturated carbocycles. The second kappa shape index (κ2) is 4.77. The second-order valence-corrected chi connectivity index (χ2v) is 3.31. The highest BCUT2D eigenvalue weighted by atomic mass is 19.1. The van der Waals surface area contributed by atoms with Gasteiger partial charge in [0.1, 0.15) is 5.82 Å². The van der Waals surface area contributed by atoms with Crippen LogP contribution >= 0.6 is 0 Å². The van der Waals surface area contributed by atoms with E-state index >= 15 is 0 Å². The first-order valence-corrected chi connectivity index (χ1v) is 4.57. The highest BCUT2D eigenvalue weighted by Crippen LogP contribution is 2.32. The van der Waals surface area contributed by atoms with Crippen LogP contribution in [-0.2, 0) is 0 Å². The average molecular weight is 212 g/mol. The zero-order valence-corrected chi connectivity index (χ0v) is 8.91. The van der Waals surface area contributed by atoms with E-state index in [2.05, 4.69) is 0 Å². The van der Waals surface area contributed by atoms with E-state index in [9.17, 15) is 9.18 Å². The van der Waals surface area contributed by atoms with Crippen LogP contribution in [0.15, 0.2) is 12.1 Å². The zero-order chi connectivity index (χ0) is 11.4. The lowest BCUT2D eigenvalue weighted by atomic mass is 10.2. The number of hydrogen-bond donors (Lipinski definition) is 0. The van der Waals surface area contributed by atoms with E-state index in [1.54, 1.807) is 0 Å². The zero-order valence-electron chi connectivity index (χ0n) is 8.91. The van der Waals surface area contributed by atoms with Crippen LogP contribution in [0.1, 0.15) is 24.2 Å². The largest absolute Gasteiger partial charge is 0.493 e. The summed E-state index contributed by atoms with van der Waals surface area (Å²) in [5, 5.41) is 0. The minimum Gasteiger partial charge on any atom is -0.493 e. The normalized spacial score (nSPS) is 10.2. The molecule has 0 N–H and O–H groups in total. The molecular weight excluding hydrogens is 199 g/mol. The molecule has 0 saturated heterocycles. The molecule has 0 aromatic heterocycles. The van der Waals surface area contributed by atoms with Crippen molar-refractivity contribution in [3.8, 4) is 11.5 Å². The van der Waals surface area contributed by atoms with Crippen molar-refractivity contribution in [2.75, 3.05) is 7.11 Å². The van der Waals surface area contributed by atoms with Gasteiger partial charge >= 0.3 is 0 Å². The van der Waals surface area contributed by atoms with Crippen molar-refractivity contribution in [3.63, 3.8) is 0 Å². The molecule has 82 valence electrons. The Morgan fingerprint density at radius 2 is 2.07 bits per heavy atom. The van der Waals surface area contributed by atoms with Crippen molar-refractivity contribution >= 4 is 6.29 Å². The quantitative estimate of drug-likeness (QED) is 0.719. The number of benzene rings is 1. The molecule has 0 fully saturated rings. The van der Waals surface area contributed by atoms with Crippen molar-refractivity contribution in [2.45, 2.75) is 20.0 Å². The van der Waals surface area contributed by atoms with Crippen molar-refractivity contribution in [1.82, 2.24) is 0 Å². The second-order valence-electron chi connectivity index (χ2n) is 3.31. The maximum atomic E-state index is 13.0. The van der Waals surface area contributed by atoms with Gasteiger partial charge in [0, 0.05) is 6.07 Å². The fourth-order valence-electron chi connectivity index (χ4n) is 1.19. The molecule has 0 spiro atoms. The molecule has 0 aliphatic carbocycles. The summed E-state index contributed by atoms with van der Waals surface area (Å²) in [5.74, 6) is -0.0141. The number of halogens is 1. The number of methoxy groups -OCH3 is 1. The maximum Gasteiger partial charge on any atom is 0.172 e. The Morgan fingerprint density at radius 1 is 1.40 bits per heavy atom. The van der Waals surface area contributed by atoms with Crippen LogP contribution in [0.5, 0.6) is 11.5 Å². The number of rotatable bonds is 4. The molecule has 0 atom stereocenters. The fraction of sp³-hybridized carbons (Fsp3) is 0.364. The predicted molar refractivity (Wildman–Crippen MR) is 54.1 cm³/mol. The van der Waals surface area contributed by atoms with E-state index in [0.29, 0.717) is 6.29 Å². The molecule has 1 aromatic rings. The van der Waals surface area contributed by atoms with Crippen LogP contribution in [0.4, 0.5) is 4.39 Å². The summed E-state index contributed by atoms with van der Waals surface area (Å²) in [6.07, 6.45) is 0.437. The summed E-state index contributed by atoms with van der Waals surface area (Å²) in [6.45, 7) is 3.63. The molecule has 0 amide bonds. The predicted octanol–water partition coefficient (Wildman–Crippen LogP) is 2.43. The van der Waals surface area contributed by atoms with Gasteiger partial charge in [0.2, 0.25) is 0 Å². The van der Waals surface area contributed by atoms with Gasteiger partial charge in [0.15, 0.2) is 17.8 Å². The SMILES string of the molecule is COc1cc(F)cc(C=O)c1OC(C)C. The Balaban J connectivity index is 3.23. The van der Waals surface area contributed by atoms with E-state index in [1.807, 2.05) is 13.8 Å². The third kappa shape index (κ3) is 2.68. The smallest absolute Gasteiger partial charge is 0.172 e. The Labute approximate surface area is 87.8 Å². The van der Waals surface area contributed by atoms with Gasteiger partial charge in [-0.3, -0.25) is 4.79 Å². The molecular formula is C11H13FO3. The molecule has 0 unspecified atom stereocenters. The molecule has 0 bridgehead atoms. The monoisotopic (exact) mass is 212 g/mol. The lowest BCUT2D eigenvalue weighted by Gasteiger charge is -2.15. The third-order valence-corrected chi connectivity index (χ3v) is 1.75. The minimum absolute atomic E-state index is 0.108. The molecule has 1 rings (SSSR count). The Bertz CT molecular complexity index is 361. The van der Waals surface area contributed by atoms with E-state index in [0.717, 1.165) is 6.07 Å². The average Bonchev–Trinajstić information content (AvgIpc) is 2.19. The van der Waals surface area contributed by atoms with E-state index in [1.165, 1.54) is 13.2 Å². The van der Waals surface area contributed by atoms with Gasteiger partial charge in [0.25, 0.3) is 0 Å². The molecule has 1 aromatic carbocycles. The van der Waals surface area contributed by atoms with Crippen molar-refractivity contribution in [3.05, 3.63) is 23.5 Å². The summed E-state index contributed by atoms with van der Waals surface area (Å²) >= 11 is 0. The summed E-state index contributed by atoms with van der Waals surface area (Å²) in [4.78, 5) is 10.7. The van der Waals surface area contributed by atoms with Gasteiger partial charge < -0.3 is 9.47 Å². The lowest BCUT2D eigenvalue weighted by molar-refractivity contribution is 0.111. The van der Waals surface area contributed by atoms with Crippen LogP contribution in [0.3, 0.4) is 0 Å². The molecule has 0 aliphatic rings. The number of carbonyl (C=O) groups excluding carboxylic acids is 1. The van der Waals surface area contributed by atoms with Gasteiger partial charge in [0.05, 0.1) is 18.8 Å². The van der Waals surface area contributed by atoms with Crippen molar-refractivity contribution < 1.29 is 18.7 Å². The lowest BCUT2D eigenvalue weighted by Crippen LogP contribution is -2.09. The Hall–Kier alpha value is -1.58. The van der Waals surface area contributed by atoms with E-state index in [-0.39, 0.29) is 23.2 Å². The first-order chi connectivity index (χ1) is 7.08. The topological polar surface area (TPSA) is 35.5 Å². The summed E-state index contributed by atoms with van der Waals surface area (Å²) in [7, 11) is 1.40. The van der Waals surface area contributed by atoms with Gasteiger partial charge in [-0.25, -0.2) is 4.39 Å². The van der Waals surface area contributed by atoms with Crippen molar-refractivity contribution in [1.29, 1.82) is 0 Å². The van der Waals surface area contributed by atoms with Crippen LogP contribution in [0, 0.1) is 5.82 Å². The van der Waals surface area contributed by atoms with Crippen molar-refractivity contribution in [2.24, 2.45) is 0 Å². The first-order valence-electron chi connectivity index (χ1n) is 4.57. The minimum atomic E-state index is -0.523. The highest BCUT2D eigenvalue weighted by molar-refractivity contribution is 5.81. The van der Waals surface area contributed by atoms with Gasteiger partial charge in [-0.1, -0.05) is 0 Å². The molecule has 0 aliphatic heterocycles. The Morgan fingerprint density at radius 3 is 2.53 bits per heavy atom. The van der Waals surface area contributed by atoms with E-state index in [4.69, 9.17) is 9.47 Å². The number of carbonyl (C=O) groups is 1. The molecule has 0 radical (unpaired) electrons. The third-order valence-electron chi connectivity index (χ3n) is 1.75. The summed E-state index contributed by atoms with van der Waals surface area (Å²) in [5.41, 5.74) is 0.153. The fourth-order valence-corrected chi connectivity index (χ4v) is 1.19. The van der Waals surface area contributed by atoms with Crippen LogP contribution in [0.25, 0.3) is 0 Å². The standard InChI is InChI=1S/C11H13FO3/c1-7(2)15-11-8(6-13)4-9(12)5-10(11)14-3/h4-7H,1-3H3.